The fourth-order valence-electron chi connectivity index (χ4n) is 2.63. The number of carbonyl (C=O) groups is 1. The molecule has 3 rings (SSSR count). The summed E-state index contributed by atoms with van der Waals surface area (Å²) in [5, 5.41) is 5.90. The molecule has 0 aliphatic heterocycles. The second-order valence-corrected chi connectivity index (χ2v) is 5.92. The fourth-order valence-corrected chi connectivity index (χ4v) is 2.63. The molecule has 2 aromatic carbocycles. The smallest absolute Gasteiger partial charge is 0.341 e. The number of ether oxygens (including phenoxy) is 2. The van der Waals surface area contributed by atoms with Gasteiger partial charge in [0.05, 0.1) is 17.9 Å². The third-order valence-corrected chi connectivity index (χ3v) is 4.06. The molecule has 0 unspecified atom stereocenters. The van der Waals surface area contributed by atoms with Crippen LogP contribution in [0.3, 0.4) is 0 Å². The molecular weight excluding hydrogens is 318 g/mol. The number of nitrogens with zero attached hydrogens (tertiary/aromatic N) is 1. The second-order valence-electron chi connectivity index (χ2n) is 5.92. The lowest BCUT2D eigenvalue weighted by molar-refractivity contribution is 0.0500. The van der Waals surface area contributed by atoms with Crippen molar-refractivity contribution in [3.63, 3.8) is 0 Å². The van der Waals surface area contributed by atoms with E-state index in [0.717, 1.165) is 28.5 Å². The third kappa shape index (κ3) is 3.65. The van der Waals surface area contributed by atoms with E-state index in [4.69, 9.17) is 14.0 Å². The summed E-state index contributed by atoms with van der Waals surface area (Å²) in [4.78, 5) is 12.4. The molecule has 0 saturated heterocycles. The molecule has 0 N–H and O–H groups in total. The first-order chi connectivity index (χ1) is 12.1. The first-order valence-electron chi connectivity index (χ1n) is 8.34. The van der Waals surface area contributed by atoms with Gasteiger partial charge in [-0.25, -0.2) is 4.79 Å². The largest absolute Gasteiger partial charge is 0.488 e. The lowest BCUT2D eigenvalue weighted by Crippen LogP contribution is -2.09. The Morgan fingerprint density at radius 1 is 1.16 bits per heavy atom. The van der Waals surface area contributed by atoms with Crippen molar-refractivity contribution in [1.82, 2.24) is 5.16 Å². The normalized spacial score (nSPS) is 10.8. The predicted molar refractivity (Wildman–Crippen MR) is 94.8 cm³/mol. The van der Waals surface area contributed by atoms with Crippen LogP contribution in [-0.4, -0.2) is 17.7 Å². The van der Waals surface area contributed by atoms with Crippen LogP contribution in [0.25, 0.3) is 10.8 Å². The fraction of sp³-hybridized carbons (Fsp3) is 0.300. The van der Waals surface area contributed by atoms with E-state index in [-0.39, 0.29) is 12.6 Å². The van der Waals surface area contributed by atoms with Crippen LogP contribution in [0.2, 0.25) is 0 Å². The highest BCUT2D eigenvalue weighted by Gasteiger charge is 2.17. The Morgan fingerprint density at radius 3 is 2.52 bits per heavy atom. The summed E-state index contributed by atoms with van der Waals surface area (Å²) in [6, 6.07) is 11.5. The maximum atomic E-state index is 12.4. The van der Waals surface area contributed by atoms with E-state index in [1.807, 2.05) is 57.2 Å². The number of esters is 1. The summed E-state index contributed by atoms with van der Waals surface area (Å²) < 4.78 is 16.4. The topological polar surface area (TPSA) is 61.6 Å². The third-order valence-electron chi connectivity index (χ3n) is 4.06. The van der Waals surface area contributed by atoms with Gasteiger partial charge in [0.25, 0.3) is 0 Å². The molecule has 3 aromatic rings. The van der Waals surface area contributed by atoms with Crippen LogP contribution in [0, 0.1) is 13.8 Å². The van der Waals surface area contributed by atoms with Gasteiger partial charge in [-0.1, -0.05) is 36.3 Å². The molecule has 1 heterocycles. The van der Waals surface area contributed by atoms with Crippen LogP contribution >= 0.6 is 0 Å². The Balaban J connectivity index is 1.94. The van der Waals surface area contributed by atoms with Gasteiger partial charge in [-0.05, 0) is 43.2 Å². The summed E-state index contributed by atoms with van der Waals surface area (Å²) in [6.45, 7) is 6.34. The van der Waals surface area contributed by atoms with Crippen molar-refractivity contribution < 1.29 is 18.8 Å². The molecular formula is C20H21NO4. The second kappa shape index (κ2) is 7.38. The molecule has 0 fully saturated rings. The first-order valence-corrected chi connectivity index (χ1v) is 8.34. The molecule has 0 aliphatic rings. The first kappa shape index (κ1) is 17.0. The number of aryl methyl sites for hydroxylation is 2. The van der Waals surface area contributed by atoms with Gasteiger partial charge in [-0.2, -0.15) is 0 Å². The monoisotopic (exact) mass is 339 g/mol. The van der Waals surface area contributed by atoms with Gasteiger partial charge in [-0.3, -0.25) is 0 Å². The molecule has 0 saturated carbocycles. The van der Waals surface area contributed by atoms with Crippen molar-refractivity contribution in [2.24, 2.45) is 0 Å². The van der Waals surface area contributed by atoms with Gasteiger partial charge in [0.2, 0.25) is 0 Å². The highest BCUT2D eigenvalue weighted by Crippen LogP contribution is 2.28. The van der Waals surface area contributed by atoms with Crippen molar-refractivity contribution in [2.75, 3.05) is 6.61 Å². The lowest BCUT2D eigenvalue weighted by Gasteiger charge is -2.13. The summed E-state index contributed by atoms with van der Waals surface area (Å²) in [5.74, 6) is 0.842. The minimum absolute atomic E-state index is 0.285. The Bertz CT molecular complexity index is 878. The van der Waals surface area contributed by atoms with Crippen LogP contribution in [0.15, 0.2) is 40.9 Å². The van der Waals surface area contributed by atoms with Gasteiger partial charge in [-0.15, -0.1) is 0 Å². The van der Waals surface area contributed by atoms with Gasteiger partial charge in [0.1, 0.15) is 23.7 Å². The van der Waals surface area contributed by atoms with Crippen molar-refractivity contribution in [2.45, 2.75) is 33.8 Å². The van der Waals surface area contributed by atoms with Gasteiger partial charge >= 0.3 is 5.97 Å². The van der Waals surface area contributed by atoms with E-state index in [1.165, 1.54) is 0 Å². The number of benzene rings is 2. The zero-order chi connectivity index (χ0) is 17.8. The van der Waals surface area contributed by atoms with Crippen LogP contribution in [0.4, 0.5) is 0 Å². The number of carbonyl (C=O) groups excluding carboxylic acids is 1. The van der Waals surface area contributed by atoms with E-state index in [9.17, 15) is 4.79 Å². The van der Waals surface area contributed by atoms with Crippen molar-refractivity contribution >= 4 is 16.7 Å². The molecule has 5 nitrogen and oxygen atoms in total. The van der Waals surface area contributed by atoms with Gasteiger partial charge in [0, 0.05) is 0 Å². The zero-order valence-electron chi connectivity index (χ0n) is 14.7. The summed E-state index contributed by atoms with van der Waals surface area (Å²) in [5.41, 5.74) is 2.10. The molecule has 0 spiro atoms. The molecule has 5 heteroatoms. The highest BCUT2D eigenvalue weighted by atomic mass is 16.5. The van der Waals surface area contributed by atoms with Crippen molar-refractivity contribution in [3.05, 3.63) is 59.0 Å². The molecule has 0 amide bonds. The van der Waals surface area contributed by atoms with Crippen LogP contribution in [-0.2, 0) is 11.3 Å². The van der Waals surface area contributed by atoms with Crippen LogP contribution in [0.1, 0.15) is 40.7 Å². The van der Waals surface area contributed by atoms with Crippen molar-refractivity contribution in [1.29, 1.82) is 0 Å². The van der Waals surface area contributed by atoms with E-state index in [2.05, 4.69) is 5.16 Å². The molecule has 0 bridgehead atoms. The molecule has 0 radical (unpaired) electrons. The van der Waals surface area contributed by atoms with Crippen LogP contribution < -0.4 is 4.74 Å². The SMILES string of the molecule is CCCOC(=O)c1cc2ccccc2cc1OCc1c(C)noc1C. The standard InChI is InChI=1S/C20H21NO4/c1-4-9-23-20(22)17-10-15-7-5-6-8-16(15)11-19(17)24-12-18-13(2)21-25-14(18)3/h5-8,10-11H,4,9,12H2,1-3H3. The minimum Gasteiger partial charge on any atom is -0.488 e. The number of hydrogen-bond donors (Lipinski definition) is 0. The quantitative estimate of drug-likeness (QED) is 0.615. The maximum Gasteiger partial charge on any atom is 0.341 e. The average molecular weight is 339 g/mol. The molecule has 130 valence electrons. The number of hydrogen-bond acceptors (Lipinski definition) is 5. The Hall–Kier alpha value is -2.82. The lowest BCUT2D eigenvalue weighted by atomic mass is 10.1. The average Bonchev–Trinajstić information content (AvgIpc) is 2.95. The summed E-state index contributed by atoms with van der Waals surface area (Å²) in [7, 11) is 0. The molecule has 0 atom stereocenters. The van der Waals surface area contributed by atoms with E-state index in [0.29, 0.717) is 23.7 Å². The van der Waals surface area contributed by atoms with E-state index in [1.54, 1.807) is 0 Å². The van der Waals surface area contributed by atoms with E-state index < -0.39 is 0 Å². The van der Waals surface area contributed by atoms with Crippen LogP contribution in [0.5, 0.6) is 5.75 Å². The van der Waals surface area contributed by atoms with Gasteiger partial charge < -0.3 is 14.0 Å². The minimum atomic E-state index is -0.374. The summed E-state index contributed by atoms with van der Waals surface area (Å²) in [6.07, 6.45) is 0.772. The Kier molecular flexibility index (Phi) is 5.03. The predicted octanol–water partition coefficient (Wildman–Crippen LogP) is 4.59. The van der Waals surface area contributed by atoms with Gasteiger partial charge in [0.15, 0.2) is 0 Å². The summed E-state index contributed by atoms with van der Waals surface area (Å²) >= 11 is 0. The molecule has 0 aliphatic carbocycles. The maximum absolute atomic E-state index is 12.4. The Morgan fingerprint density at radius 2 is 1.88 bits per heavy atom. The van der Waals surface area contributed by atoms with Crippen molar-refractivity contribution in [3.8, 4) is 5.75 Å². The number of rotatable bonds is 6. The number of aromatic nitrogens is 1. The number of fused-ring (bicyclic) bond motifs is 1. The zero-order valence-corrected chi connectivity index (χ0v) is 14.7. The highest BCUT2D eigenvalue weighted by molar-refractivity contribution is 5.98. The molecule has 1 aromatic heterocycles. The Labute approximate surface area is 146 Å². The van der Waals surface area contributed by atoms with E-state index >= 15 is 0 Å². The molecule has 25 heavy (non-hydrogen) atoms.